The van der Waals surface area contributed by atoms with Crippen molar-refractivity contribution in [1.82, 2.24) is 0 Å². The van der Waals surface area contributed by atoms with Gasteiger partial charge in [0.2, 0.25) is 0 Å². The van der Waals surface area contributed by atoms with Crippen molar-refractivity contribution in [1.29, 1.82) is 0 Å². The quantitative estimate of drug-likeness (QED) is 0.460. The van der Waals surface area contributed by atoms with E-state index >= 15 is 0 Å². The second-order valence-corrected chi connectivity index (χ2v) is 3.01. The van der Waals surface area contributed by atoms with Crippen LogP contribution in [0.2, 0.25) is 0 Å². The van der Waals surface area contributed by atoms with Crippen LogP contribution in [-0.2, 0) is 0 Å². The highest BCUT2D eigenvalue weighted by atomic mass is 16.6. The summed E-state index contributed by atoms with van der Waals surface area (Å²) < 4.78 is 0. The molecule has 11 heteroatoms. The Morgan fingerprint density at radius 3 is 2.00 bits per heavy atom. The number of aliphatic imine (C=N–C) groups is 2. The Hall–Kier alpha value is -3.20. The molecule has 19 heavy (non-hydrogen) atoms. The standard InChI is InChI=1S/C8H5N5O6/c1-9-4-10-5-2-3-6(11(14)15)8(13(18)19)7(5)12(16)17/h2-3H,1H3. The topological polar surface area (TPSA) is 154 Å². The maximum atomic E-state index is 10.8. The number of benzene rings is 1. The SMILES string of the molecule is CN=C=Nc1ccc([N+](=O)[O-])c([N+](=O)[O-])c1[N+](=O)[O-]. The fraction of sp³-hybridized carbons (Fsp3) is 0.125. The molecule has 0 aliphatic rings. The summed E-state index contributed by atoms with van der Waals surface area (Å²) in [7, 11) is 1.29. The predicted molar refractivity (Wildman–Crippen MR) is 61.9 cm³/mol. The first-order valence-corrected chi connectivity index (χ1v) is 4.54. The Morgan fingerprint density at radius 2 is 1.58 bits per heavy atom. The van der Waals surface area contributed by atoms with Gasteiger partial charge in [0.05, 0.1) is 20.8 Å². The van der Waals surface area contributed by atoms with E-state index in [-0.39, 0.29) is 0 Å². The molecule has 0 atom stereocenters. The lowest BCUT2D eigenvalue weighted by atomic mass is 10.2. The van der Waals surface area contributed by atoms with Crippen molar-refractivity contribution in [3.8, 4) is 0 Å². The highest BCUT2D eigenvalue weighted by Gasteiger charge is 2.38. The van der Waals surface area contributed by atoms with Gasteiger partial charge in [-0.25, -0.2) is 4.99 Å². The molecular weight excluding hydrogens is 262 g/mol. The molecule has 0 unspecified atom stereocenters. The summed E-state index contributed by atoms with van der Waals surface area (Å²) in [6.07, 6.45) is 0. The molecule has 0 aliphatic heterocycles. The third-order valence-corrected chi connectivity index (χ3v) is 1.94. The van der Waals surface area contributed by atoms with Gasteiger partial charge in [-0.05, 0) is 6.07 Å². The molecule has 0 fully saturated rings. The van der Waals surface area contributed by atoms with E-state index in [9.17, 15) is 30.3 Å². The number of rotatable bonds is 4. The van der Waals surface area contributed by atoms with Crippen molar-refractivity contribution in [2.75, 3.05) is 7.05 Å². The Bertz CT molecular complexity index is 633. The Labute approximate surface area is 104 Å². The summed E-state index contributed by atoms with van der Waals surface area (Å²) in [4.78, 5) is 35.6. The van der Waals surface area contributed by atoms with Gasteiger partial charge in [0, 0.05) is 13.1 Å². The zero-order valence-corrected chi connectivity index (χ0v) is 9.34. The van der Waals surface area contributed by atoms with Crippen LogP contribution in [0.25, 0.3) is 0 Å². The van der Waals surface area contributed by atoms with Crippen LogP contribution < -0.4 is 0 Å². The van der Waals surface area contributed by atoms with Crippen molar-refractivity contribution < 1.29 is 14.8 Å². The third-order valence-electron chi connectivity index (χ3n) is 1.94. The molecule has 0 saturated heterocycles. The molecule has 11 nitrogen and oxygen atoms in total. The van der Waals surface area contributed by atoms with E-state index in [1.54, 1.807) is 0 Å². The summed E-state index contributed by atoms with van der Waals surface area (Å²) in [6.45, 7) is 0. The smallest absolute Gasteiger partial charge is 0.258 e. The van der Waals surface area contributed by atoms with Crippen LogP contribution in [0, 0.1) is 30.3 Å². The normalized spacial score (nSPS) is 9.32. The lowest BCUT2D eigenvalue weighted by Gasteiger charge is -1.98. The summed E-state index contributed by atoms with van der Waals surface area (Å²) in [5, 5.41) is 32.3. The molecule has 1 aromatic carbocycles. The number of nitrogens with zero attached hydrogens (tertiary/aromatic N) is 5. The van der Waals surface area contributed by atoms with Gasteiger partial charge in [-0.1, -0.05) is 0 Å². The van der Waals surface area contributed by atoms with Gasteiger partial charge >= 0.3 is 17.1 Å². The summed E-state index contributed by atoms with van der Waals surface area (Å²) >= 11 is 0. The lowest BCUT2D eigenvalue weighted by Crippen LogP contribution is -2.01. The number of nitro benzene ring substituents is 3. The fourth-order valence-electron chi connectivity index (χ4n) is 1.26. The van der Waals surface area contributed by atoms with E-state index in [1.165, 1.54) is 7.05 Å². The van der Waals surface area contributed by atoms with Crippen molar-refractivity contribution in [2.45, 2.75) is 0 Å². The van der Waals surface area contributed by atoms with E-state index < -0.39 is 37.5 Å². The molecule has 1 aromatic rings. The van der Waals surface area contributed by atoms with Gasteiger partial charge in [0.1, 0.15) is 0 Å². The first-order chi connectivity index (χ1) is 8.90. The minimum absolute atomic E-state index is 0.437. The molecule has 0 radical (unpaired) electrons. The Balaban J connectivity index is 3.78. The van der Waals surface area contributed by atoms with Gasteiger partial charge < -0.3 is 0 Å². The van der Waals surface area contributed by atoms with Crippen molar-refractivity contribution in [2.24, 2.45) is 9.98 Å². The van der Waals surface area contributed by atoms with Gasteiger partial charge in [0.25, 0.3) is 0 Å². The molecule has 1 rings (SSSR count). The molecule has 0 heterocycles. The van der Waals surface area contributed by atoms with E-state index in [4.69, 9.17) is 0 Å². The molecule has 0 aromatic heterocycles. The monoisotopic (exact) mass is 267 g/mol. The van der Waals surface area contributed by atoms with Crippen LogP contribution in [-0.4, -0.2) is 27.8 Å². The Kier molecular flexibility index (Phi) is 3.96. The summed E-state index contributed by atoms with van der Waals surface area (Å²) in [5.74, 6) is 0. The highest BCUT2D eigenvalue weighted by Crippen LogP contribution is 2.42. The fourth-order valence-corrected chi connectivity index (χ4v) is 1.26. The van der Waals surface area contributed by atoms with Crippen LogP contribution >= 0.6 is 0 Å². The van der Waals surface area contributed by atoms with E-state index in [2.05, 4.69) is 9.98 Å². The minimum atomic E-state index is -1.23. The molecule has 98 valence electrons. The van der Waals surface area contributed by atoms with Gasteiger partial charge in [-0.3, -0.25) is 30.3 Å². The second kappa shape index (κ2) is 5.42. The lowest BCUT2D eigenvalue weighted by molar-refractivity contribution is -0.440. The largest absolute Gasteiger partial charge is 0.424 e. The molecule has 0 amide bonds. The van der Waals surface area contributed by atoms with Gasteiger partial charge in [-0.2, -0.15) is 4.99 Å². The van der Waals surface area contributed by atoms with E-state index in [1.807, 2.05) is 6.01 Å². The zero-order valence-electron chi connectivity index (χ0n) is 9.34. The number of hydrogen-bond acceptors (Lipinski definition) is 8. The molecular formula is C8H5N5O6. The van der Waals surface area contributed by atoms with Crippen molar-refractivity contribution >= 4 is 28.8 Å². The average molecular weight is 267 g/mol. The molecule has 0 N–H and O–H groups in total. The van der Waals surface area contributed by atoms with Gasteiger partial charge in [-0.15, -0.1) is 0 Å². The molecule has 0 aliphatic carbocycles. The molecule has 0 bridgehead atoms. The highest BCUT2D eigenvalue weighted by molar-refractivity contribution is 5.78. The maximum absolute atomic E-state index is 10.8. The minimum Gasteiger partial charge on any atom is -0.258 e. The maximum Gasteiger partial charge on any atom is 0.424 e. The van der Waals surface area contributed by atoms with Crippen LogP contribution in [0.1, 0.15) is 0 Å². The van der Waals surface area contributed by atoms with Crippen LogP contribution in [0.3, 0.4) is 0 Å². The second-order valence-electron chi connectivity index (χ2n) is 3.01. The number of nitro groups is 3. The van der Waals surface area contributed by atoms with Crippen LogP contribution in [0.5, 0.6) is 0 Å². The van der Waals surface area contributed by atoms with Crippen LogP contribution in [0.4, 0.5) is 22.7 Å². The summed E-state index contributed by atoms with van der Waals surface area (Å²) in [6, 6.07) is 3.71. The average Bonchev–Trinajstić information content (AvgIpc) is 2.34. The molecule has 0 spiro atoms. The van der Waals surface area contributed by atoms with Gasteiger partial charge in [0.15, 0.2) is 5.69 Å². The number of hydrogen-bond donors (Lipinski definition) is 0. The first kappa shape index (κ1) is 13.9. The van der Waals surface area contributed by atoms with Crippen molar-refractivity contribution in [3.63, 3.8) is 0 Å². The van der Waals surface area contributed by atoms with E-state index in [0.717, 1.165) is 12.1 Å². The predicted octanol–water partition coefficient (Wildman–Crippen LogP) is 1.85. The van der Waals surface area contributed by atoms with Crippen molar-refractivity contribution in [3.05, 3.63) is 42.5 Å². The molecule has 0 saturated carbocycles. The summed E-state index contributed by atoms with van der Waals surface area (Å²) in [5.41, 5.74) is -3.72. The van der Waals surface area contributed by atoms with E-state index in [0.29, 0.717) is 0 Å². The third kappa shape index (κ3) is 2.73. The Morgan fingerprint density at radius 1 is 1.00 bits per heavy atom. The first-order valence-electron chi connectivity index (χ1n) is 4.54. The zero-order chi connectivity index (χ0) is 14.6. The van der Waals surface area contributed by atoms with Crippen LogP contribution in [0.15, 0.2) is 22.1 Å².